The number of fused-ring (bicyclic) bond motifs is 1. The van der Waals surface area contributed by atoms with E-state index in [1.54, 1.807) is 18.1 Å². The normalized spacial score (nSPS) is 10.9. The van der Waals surface area contributed by atoms with Crippen LogP contribution in [0.4, 0.5) is 11.8 Å². The van der Waals surface area contributed by atoms with Crippen LogP contribution in [0.3, 0.4) is 0 Å². The Labute approximate surface area is 115 Å². The lowest BCUT2D eigenvalue weighted by Crippen LogP contribution is -2.08. The van der Waals surface area contributed by atoms with E-state index < -0.39 is 0 Å². The first-order chi connectivity index (χ1) is 9.76. The number of anilines is 2. The smallest absolute Gasteiger partial charge is 0.226 e. The highest BCUT2D eigenvalue weighted by molar-refractivity contribution is 5.83. The predicted octanol–water partition coefficient (Wildman–Crippen LogP) is 0.783. The van der Waals surface area contributed by atoms with Gasteiger partial charge >= 0.3 is 0 Å². The van der Waals surface area contributed by atoms with Gasteiger partial charge < -0.3 is 15.6 Å². The van der Waals surface area contributed by atoms with Crippen LogP contribution in [0.25, 0.3) is 11.2 Å². The van der Waals surface area contributed by atoms with Crippen LogP contribution >= 0.6 is 0 Å². The number of hydrogen-bond donors (Lipinski definition) is 3. The van der Waals surface area contributed by atoms with Crippen molar-refractivity contribution in [2.45, 2.75) is 6.42 Å². The van der Waals surface area contributed by atoms with E-state index in [4.69, 9.17) is 0 Å². The molecule has 104 valence electrons. The Balaban J connectivity index is 1.74. The summed E-state index contributed by atoms with van der Waals surface area (Å²) in [5.74, 6) is 1.30. The lowest BCUT2D eigenvalue weighted by molar-refractivity contribution is 0.767. The monoisotopic (exact) mass is 272 g/mol. The molecule has 0 saturated heterocycles. The van der Waals surface area contributed by atoms with Crippen molar-refractivity contribution >= 4 is 22.9 Å². The van der Waals surface area contributed by atoms with Gasteiger partial charge in [0.25, 0.3) is 0 Å². The third-order valence-corrected chi connectivity index (χ3v) is 2.97. The highest BCUT2D eigenvalue weighted by Crippen LogP contribution is 2.18. The van der Waals surface area contributed by atoms with Crippen LogP contribution in [-0.4, -0.2) is 43.3 Å². The lowest BCUT2D eigenvalue weighted by Gasteiger charge is -2.07. The molecule has 0 unspecified atom stereocenters. The van der Waals surface area contributed by atoms with Gasteiger partial charge in [0, 0.05) is 26.8 Å². The molecule has 8 nitrogen and oxygen atoms in total. The van der Waals surface area contributed by atoms with Crippen molar-refractivity contribution in [3.05, 3.63) is 24.3 Å². The molecular formula is C12H16N8. The van der Waals surface area contributed by atoms with Crippen molar-refractivity contribution in [3.63, 3.8) is 0 Å². The number of nitrogens with one attached hydrogen (secondary N) is 3. The fourth-order valence-electron chi connectivity index (χ4n) is 2.00. The number of aryl methyl sites for hydroxylation is 1. The molecule has 0 radical (unpaired) electrons. The largest absolute Gasteiger partial charge is 0.368 e. The summed E-state index contributed by atoms with van der Waals surface area (Å²) >= 11 is 0. The Morgan fingerprint density at radius 2 is 2.25 bits per heavy atom. The zero-order valence-corrected chi connectivity index (χ0v) is 11.4. The SMILES string of the molecule is CNc1nc(NCCc2cnn(C)c2)c2[nH]cnc2n1. The lowest BCUT2D eigenvalue weighted by atomic mass is 10.2. The first-order valence-corrected chi connectivity index (χ1v) is 6.36. The summed E-state index contributed by atoms with van der Waals surface area (Å²) in [6.07, 6.45) is 6.37. The maximum atomic E-state index is 4.40. The average Bonchev–Trinajstić information content (AvgIpc) is 3.07. The summed E-state index contributed by atoms with van der Waals surface area (Å²) in [6.45, 7) is 0.764. The summed E-state index contributed by atoms with van der Waals surface area (Å²) < 4.78 is 1.80. The summed E-state index contributed by atoms with van der Waals surface area (Å²) in [5.41, 5.74) is 2.65. The molecule has 0 fully saturated rings. The maximum Gasteiger partial charge on any atom is 0.226 e. The van der Waals surface area contributed by atoms with Crippen molar-refractivity contribution in [2.24, 2.45) is 7.05 Å². The summed E-state index contributed by atoms with van der Waals surface area (Å²) in [7, 11) is 3.70. The summed E-state index contributed by atoms with van der Waals surface area (Å²) in [5, 5.41) is 10.4. The molecule has 0 spiro atoms. The maximum absolute atomic E-state index is 4.40. The van der Waals surface area contributed by atoms with Crippen molar-refractivity contribution < 1.29 is 0 Å². The van der Waals surface area contributed by atoms with E-state index in [1.165, 1.54) is 5.56 Å². The van der Waals surface area contributed by atoms with Gasteiger partial charge in [-0.25, -0.2) is 4.98 Å². The first kappa shape index (κ1) is 12.4. The molecule has 8 heteroatoms. The average molecular weight is 272 g/mol. The second kappa shape index (κ2) is 5.16. The summed E-state index contributed by atoms with van der Waals surface area (Å²) in [4.78, 5) is 15.9. The number of aromatic nitrogens is 6. The molecule has 3 rings (SSSR count). The zero-order valence-electron chi connectivity index (χ0n) is 11.4. The number of nitrogens with zero attached hydrogens (tertiary/aromatic N) is 5. The first-order valence-electron chi connectivity index (χ1n) is 6.36. The molecule has 0 saturated carbocycles. The van der Waals surface area contributed by atoms with Crippen molar-refractivity contribution in [1.82, 2.24) is 29.7 Å². The number of aromatic amines is 1. The van der Waals surface area contributed by atoms with Crippen molar-refractivity contribution in [3.8, 4) is 0 Å². The number of rotatable bonds is 5. The minimum Gasteiger partial charge on any atom is -0.368 e. The quantitative estimate of drug-likeness (QED) is 0.635. The molecule has 0 bridgehead atoms. The van der Waals surface area contributed by atoms with Crippen LogP contribution in [0.5, 0.6) is 0 Å². The predicted molar refractivity (Wildman–Crippen MR) is 76.6 cm³/mol. The molecule has 20 heavy (non-hydrogen) atoms. The zero-order chi connectivity index (χ0) is 13.9. The van der Waals surface area contributed by atoms with Gasteiger partial charge in [0.1, 0.15) is 5.52 Å². The van der Waals surface area contributed by atoms with Gasteiger partial charge in [0.05, 0.1) is 12.5 Å². The van der Waals surface area contributed by atoms with Crippen molar-refractivity contribution in [1.29, 1.82) is 0 Å². The summed E-state index contributed by atoms with van der Waals surface area (Å²) in [6, 6.07) is 0. The van der Waals surface area contributed by atoms with Crippen LogP contribution in [0.1, 0.15) is 5.56 Å². The molecule has 0 aromatic carbocycles. The van der Waals surface area contributed by atoms with Gasteiger partial charge in [-0.1, -0.05) is 0 Å². The Kier molecular flexibility index (Phi) is 3.20. The molecule has 3 heterocycles. The fraction of sp³-hybridized carbons (Fsp3) is 0.333. The standard InChI is InChI=1S/C12H16N8/c1-13-12-18-10(9-11(19-12)16-7-15-9)14-4-3-8-5-17-20(2)6-8/h5-7H,3-4H2,1-2H3,(H3,13,14,15,16,18,19). The molecule has 0 aliphatic heterocycles. The van der Waals surface area contributed by atoms with Crippen LogP contribution in [0.15, 0.2) is 18.7 Å². The van der Waals surface area contributed by atoms with Crippen LogP contribution in [0.2, 0.25) is 0 Å². The van der Waals surface area contributed by atoms with Crippen LogP contribution in [0, 0.1) is 0 Å². The minimum absolute atomic E-state index is 0.550. The fourth-order valence-corrected chi connectivity index (χ4v) is 2.00. The molecular weight excluding hydrogens is 256 g/mol. The van der Waals surface area contributed by atoms with Gasteiger partial charge in [-0.05, 0) is 12.0 Å². The van der Waals surface area contributed by atoms with Crippen LogP contribution in [-0.2, 0) is 13.5 Å². The van der Waals surface area contributed by atoms with Gasteiger partial charge in [-0.15, -0.1) is 0 Å². The van der Waals surface area contributed by atoms with Gasteiger partial charge in [0.2, 0.25) is 5.95 Å². The topological polar surface area (TPSA) is 96.3 Å². The van der Waals surface area contributed by atoms with E-state index in [2.05, 4.69) is 35.7 Å². The van der Waals surface area contributed by atoms with Crippen LogP contribution < -0.4 is 10.6 Å². The van der Waals surface area contributed by atoms with Gasteiger partial charge in [0.15, 0.2) is 11.5 Å². The number of hydrogen-bond acceptors (Lipinski definition) is 6. The Morgan fingerprint density at radius 1 is 1.35 bits per heavy atom. The van der Waals surface area contributed by atoms with Gasteiger partial charge in [-0.3, -0.25) is 4.68 Å². The van der Waals surface area contributed by atoms with E-state index in [0.29, 0.717) is 11.6 Å². The minimum atomic E-state index is 0.550. The second-order valence-electron chi connectivity index (χ2n) is 4.45. The molecule has 3 aromatic heterocycles. The van der Waals surface area contributed by atoms with E-state index >= 15 is 0 Å². The van der Waals surface area contributed by atoms with Crippen molar-refractivity contribution in [2.75, 3.05) is 24.2 Å². The Morgan fingerprint density at radius 3 is 3.00 bits per heavy atom. The van der Waals surface area contributed by atoms with E-state index in [9.17, 15) is 0 Å². The molecule has 3 aromatic rings. The Bertz CT molecular complexity index is 713. The number of imidazole rings is 1. The third-order valence-electron chi connectivity index (χ3n) is 2.97. The highest BCUT2D eigenvalue weighted by Gasteiger charge is 2.08. The molecule has 0 aliphatic carbocycles. The van der Waals surface area contributed by atoms with E-state index in [-0.39, 0.29) is 0 Å². The molecule has 3 N–H and O–H groups in total. The highest BCUT2D eigenvalue weighted by atomic mass is 15.2. The second-order valence-corrected chi connectivity index (χ2v) is 4.45. The van der Waals surface area contributed by atoms with E-state index in [1.807, 2.05) is 19.4 Å². The Hall–Kier alpha value is -2.64. The molecule has 0 atom stereocenters. The molecule has 0 amide bonds. The molecule has 0 aliphatic rings. The third kappa shape index (κ3) is 2.40. The van der Waals surface area contributed by atoms with E-state index in [0.717, 1.165) is 24.3 Å². The van der Waals surface area contributed by atoms with Gasteiger partial charge in [-0.2, -0.15) is 15.1 Å². The number of H-pyrrole nitrogens is 1.